The van der Waals surface area contributed by atoms with Crippen LogP contribution in [-0.2, 0) is 58.7 Å². The second-order valence-corrected chi connectivity index (χ2v) is 25.3. The number of alkyl halides is 1. The average molecular weight is 1490 g/mol. The van der Waals surface area contributed by atoms with Crippen LogP contribution in [0.4, 0.5) is 0 Å². The van der Waals surface area contributed by atoms with E-state index in [0.717, 1.165) is 123 Å². The maximum Gasteiger partial charge on any atom is 0.307 e. The van der Waals surface area contributed by atoms with Crippen molar-refractivity contribution in [1.82, 2.24) is 5.32 Å². The molecule has 15 heteroatoms. The third-order valence-electron chi connectivity index (χ3n) is 17.5. The number of aliphatic hydroxyl groups is 1. The third kappa shape index (κ3) is 24.0. The van der Waals surface area contributed by atoms with Crippen LogP contribution in [0.15, 0.2) is 255 Å². The molecule has 0 saturated carbocycles. The van der Waals surface area contributed by atoms with Crippen molar-refractivity contribution in [3.05, 3.63) is 294 Å². The SMILES string of the molecule is CCC(=O)Cc1ccc2cc(OC)ccc2c1.CCc1ccc2cc(OC)ccc2c1.COc1ccc2cc(CBr)ccc2c1.COc1ccc2cc(CC(=O)O)ccc2c1.COc1ccc2cc(CN)ccc2c1.COc1ccc2cc(CNC(C)=O)ccc2c1.COc1ccc2cc(CO)ccc2c1. The fourth-order valence-corrected chi connectivity index (χ4v) is 11.8. The van der Waals surface area contributed by atoms with Crippen LogP contribution >= 0.6 is 15.9 Å². The number of carboxylic acids is 1. The van der Waals surface area contributed by atoms with E-state index in [1.807, 2.05) is 183 Å². The number of carboxylic acid groups (broad SMARTS) is 1. The maximum atomic E-state index is 11.4. The number of fused-ring (bicyclic) bond motifs is 7. The van der Waals surface area contributed by atoms with Gasteiger partial charge in [0.1, 0.15) is 46.0 Å². The van der Waals surface area contributed by atoms with Crippen molar-refractivity contribution >= 4 is 109 Å². The summed E-state index contributed by atoms with van der Waals surface area (Å²) in [6.07, 6.45) is 2.27. The first-order valence-corrected chi connectivity index (χ1v) is 35.9. The zero-order valence-corrected chi connectivity index (χ0v) is 63.4. The number of ketones is 1. The van der Waals surface area contributed by atoms with Gasteiger partial charge in [0, 0.05) is 38.2 Å². The predicted molar refractivity (Wildman–Crippen MR) is 437 cm³/mol. The number of aliphatic carboxylic acids is 1. The number of Topliss-reactive ketones (excluding diaryl/α,β-unsaturated/α-hetero) is 1. The van der Waals surface area contributed by atoms with E-state index in [-0.39, 0.29) is 24.7 Å². The van der Waals surface area contributed by atoms with Crippen LogP contribution in [0.1, 0.15) is 66.1 Å². The van der Waals surface area contributed by atoms with Gasteiger partial charge in [-0.15, -0.1) is 0 Å². The Morgan fingerprint density at radius 1 is 0.340 bits per heavy atom. The summed E-state index contributed by atoms with van der Waals surface area (Å²) >= 11 is 3.45. The molecule has 0 aliphatic heterocycles. The zero-order valence-electron chi connectivity index (χ0n) is 61.8. The molecule has 0 aliphatic carbocycles. The number of aryl methyl sites for hydroxylation is 1. The second-order valence-electron chi connectivity index (χ2n) is 24.7. The minimum atomic E-state index is -0.812. The van der Waals surface area contributed by atoms with Gasteiger partial charge in [0.2, 0.25) is 5.91 Å². The summed E-state index contributed by atoms with van der Waals surface area (Å²) < 4.78 is 36.1. The number of carbonyl (C=O) groups excluding carboxylic acids is 2. The van der Waals surface area contributed by atoms with E-state index in [1.165, 1.54) is 50.4 Å². The highest BCUT2D eigenvalue weighted by Crippen LogP contribution is 2.29. The summed E-state index contributed by atoms with van der Waals surface area (Å²) in [5.41, 5.74) is 13.3. The van der Waals surface area contributed by atoms with Gasteiger partial charge in [-0.3, -0.25) is 14.4 Å². The highest BCUT2D eigenvalue weighted by molar-refractivity contribution is 9.08. The van der Waals surface area contributed by atoms with Crippen LogP contribution in [0.5, 0.6) is 40.2 Å². The number of halogens is 1. The topological polar surface area (TPSA) is 194 Å². The summed E-state index contributed by atoms with van der Waals surface area (Å²) in [7, 11) is 11.7. The molecular formula is C91H93BrN2O12. The van der Waals surface area contributed by atoms with E-state index in [2.05, 4.69) is 107 Å². The number of aliphatic hydroxyl groups excluding tert-OH is 1. The number of benzene rings is 14. The molecule has 0 saturated heterocycles. The van der Waals surface area contributed by atoms with Gasteiger partial charge in [0.05, 0.1) is 62.8 Å². The molecule has 0 aromatic heterocycles. The highest BCUT2D eigenvalue weighted by atomic mass is 79.9. The largest absolute Gasteiger partial charge is 0.497 e. The van der Waals surface area contributed by atoms with Crippen LogP contribution in [0.2, 0.25) is 0 Å². The Hall–Kier alpha value is -11.5. The molecular weight excluding hydrogens is 1390 g/mol. The minimum Gasteiger partial charge on any atom is -0.497 e. The molecule has 1 amide bonds. The normalized spacial score (nSPS) is 10.4. The van der Waals surface area contributed by atoms with Crippen molar-refractivity contribution in [3.63, 3.8) is 0 Å². The number of ether oxygens (including phenoxy) is 7. The van der Waals surface area contributed by atoms with E-state index >= 15 is 0 Å². The molecule has 14 aromatic rings. The van der Waals surface area contributed by atoms with Crippen molar-refractivity contribution in [3.8, 4) is 40.2 Å². The van der Waals surface area contributed by atoms with Gasteiger partial charge < -0.3 is 54.4 Å². The van der Waals surface area contributed by atoms with E-state index in [4.69, 9.17) is 49.1 Å². The van der Waals surface area contributed by atoms with Crippen LogP contribution < -0.4 is 44.2 Å². The molecule has 0 unspecified atom stereocenters. The number of hydrogen-bond donors (Lipinski definition) is 4. The van der Waals surface area contributed by atoms with Gasteiger partial charge in [0.25, 0.3) is 0 Å². The smallest absolute Gasteiger partial charge is 0.307 e. The quantitative estimate of drug-likeness (QED) is 0.0593. The summed E-state index contributed by atoms with van der Waals surface area (Å²) in [6, 6.07) is 84.8. The van der Waals surface area contributed by atoms with Gasteiger partial charge >= 0.3 is 5.97 Å². The molecule has 546 valence electrons. The number of methoxy groups -OCH3 is 7. The molecule has 14 nitrogen and oxygen atoms in total. The number of amides is 1. The summed E-state index contributed by atoms with van der Waals surface area (Å²) in [6.45, 7) is 6.83. The fraction of sp³-hybridized carbons (Fsp3) is 0.198. The number of hydrogen-bond acceptors (Lipinski definition) is 12. The summed E-state index contributed by atoms with van der Waals surface area (Å²) in [5, 5.41) is 37.6. The number of nitrogens with two attached hydrogens (primary N) is 1. The lowest BCUT2D eigenvalue weighted by Crippen LogP contribution is -2.18. The summed E-state index contributed by atoms with van der Waals surface area (Å²) in [4.78, 5) is 32.8. The number of carbonyl (C=O) groups is 3. The van der Waals surface area contributed by atoms with Gasteiger partial charge in [-0.1, -0.05) is 181 Å². The highest BCUT2D eigenvalue weighted by Gasteiger charge is 2.07. The fourth-order valence-electron chi connectivity index (χ4n) is 11.4. The molecule has 0 heterocycles. The monoisotopic (exact) mass is 1480 g/mol. The van der Waals surface area contributed by atoms with E-state index < -0.39 is 5.97 Å². The molecule has 0 spiro atoms. The number of rotatable bonds is 18. The van der Waals surface area contributed by atoms with Crippen molar-refractivity contribution < 1.29 is 57.8 Å². The lowest BCUT2D eigenvalue weighted by molar-refractivity contribution is -0.136. The molecule has 0 fully saturated rings. The Bertz CT molecular complexity index is 4730. The lowest BCUT2D eigenvalue weighted by atomic mass is 10.0. The van der Waals surface area contributed by atoms with Crippen LogP contribution in [-0.4, -0.2) is 77.6 Å². The van der Waals surface area contributed by atoms with Crippen LogP contribution in [0.3, 0.4) is 0 Å². The maximum absolute atomic E-state index is 11.4. The molecule has 0 bridgehead atoms. The zero-order chi connectivity index (χ0) is 75.9. The van der Waals surface area contributed by atoms with Crippen molar-refractivity contribution in [2.45, 2.75) is 71.5 Å². The first-order valence-electron chi connectivity index (χ1n) is 34.8. The predicted octanol–water partition coefficient (Wildman–Crippen LogP) is 20.1. The second kappa shape index (κ2) is 41.1. The molecule has 5 N–H and O–H groups in total. The van der Waals surface area contributed by atoms with Gasteiger partial charge in [-0.2, -0.15) is 0 Å². The molecule has 0 atom stereocenters. The van der Waals surface area contributed by atoms with E-state index in [0.29, 0.717) is 25.9 Å². The number of nitrogens with one attached hydrogen (secondary N) is 1. The van der Waals surface area contributed by atoms with Gasteiger partial charge in [-0.05, 0) is 224 Å². The molecule has 14 rings (SSSR count). The Labute approximate surface area is 629 Å². The van der Waals surface area contributed by atoms with Gasteiger partial charge in [0.15, 0.2) is 0 Å². The Balaban J connectivity index is 0.000000156. The van der Waals surface area contributed by atoms with Crippen molar-refractivity contribution in [2.75, 3.05) is 49.8 Å². The third-order valence-corrected chi connectivity index (χ3v) is 18.1. The van der Waals surface area contributed by atoms with Crippen LogP contribution in [0, 0.1) is 0 Å². The standard InChI is InChI=1S/C15H16O2.C14H15NO2.C13H12O3.C13H14O.C12H11BrO.C12H13NO.C12H12O2/c1-3-14(16)9-11-4-5-13-10-15(17-2)7-6-12(13)8-11;1-10(16)15-9-11-3-4-13-8-14(17-2)6-5-12(13)7-11;1-16-12-5-4-10-6-9(7-13(14)15)2-3-11(10)8-12;1-3-10-4-5-12-9-13(14-2)7-6-11(12)8-10;3*1-14-12-5-4-10-6-9(8-13)2-3-11(10)7-12/h4-8,10H,3,9H2,1-2H3;3-8H,9H2,1-2H3,(H,15,16);2-6,8H,7H2,1H3,(H,14,15);4-9H,3H2,1-2H3;2-7H,8H2,1H3;2-7H,8,13H2,1H3;2-7,13H,8H2,1H3. The Kier molecular flexibility index (Phi) is 31.1. The first kappa shape index (κ1) is 80.2. The van der Waals surface area contributed by atoms with Crippen molar-refractivity contribution in [2.24, 2.45) is 5.73 Å². The Morgan fingerprint density at radius 3 is 0.877 bits per heavy atom. The molecule has 106 heavy (non-hydrogen) atoms. The molecule has 14 aromatic carbocycles. The van der Waals surface area contributed by atoms with Crippen LogP contribution in [0.25, 0.3) is 75.4 Å². The molecule has 0 aliphatic rings. The van der Waals surface area contributed by atoms with Crippen molar-refractivity contribution in [1.29, 1.82) is 0 Å². The first-order chi connectivity index (χ1) is 51.4. The van der Waals surface area contributed by atoms with E-state index in [9.17, 15) is 14.4 Å². The average Bonchev–Trinajstić information content (AvgIpc) is 1.27. The molecule has 0 radical (unpaired) electrons. The summed E-state index contributed by atoms with van der Waals surface area (Å²) in [5.74, 6) is 5.53. The lowest BCUT2D eigenvalue weighted by Gasteiger charge is -2.06. The van der Waals surface area contributed by atoms with E-state index in [1.54, 1.807) is 49.8 Å². The van der Waals surface area contributed by atoms with Gasteiger partial charge in [-0.25, -0.2) is 0 Å². The minimum absolute atomic E-state index is 0.0140. The Morgan fingerprint density at radius 2 is 0.585 bits per heavy atom.